The molecule has 0 atom stereocenters. The molecule has 3 aromatic heterocycles. The van der Waals surface area contributed by atoms with E-state index in [0.717, 1.165) is 22.8 Å². The van der Waals surface area contributed by atoms with Crippen LogP contribution in [0.25, 0.3) is 22.8 Å². The summed E-state index contributed by atoms with van der Waals surface area (Å²) in [4.78, 5) is 13.0. The first-order valence-electron chi connectivity index (χ1n) is 4.68. The van der Waals surface area contributed by atoms with Crippen LogP contribution in [0.15, 0.2) is 40.0 Å². The highest BCUT2D eigenvalue weighted by molar-refractivity contribution is 7.08. The predicted octanol–water partition coefficient (Wildman–Crippen LogP) is 3.33. The number of hydrogen-bond acceptors (Lipinski definition) is 5. The molecule has 0 saturated carbocycles. The Bertz CT molecular complexity index is 524. The Labute approximate surface area is 100 Å². The maximum absolute atomic E-state index is 4.55. The number of hydrogen-bond donors (Lipinski definition) is 0. The van der Waals surface area contributed by atoms with Crippen LogP contribution in [0.4, 0.5) is 0 Å². The summed E-state index contributed by atoms with van der Waals surface area (Å²) < 4.78 is 0. The van der Waals surface area contributed by atoms with Crippen molar-refractivity contribution >= 4 is 22.7 Å². The summed E-state index contributed by atoms with van der Waals surface area (Å²) >= 11 is 3.15. The molecule has 0 spiro atoms. The lowest BCUT2D eigenvalue weighted by Gasteiger charge is -1.99. The molecule has 3 heterocycles. The summed E-state index contributed by atoms with van der Waals surface area (Å²) in [6, 6.07) is 5.91. The first kappa shape index (κ1) is 9.62. The normalized spacial score (nSPS) is 10.5. The molecule has 0 aliphatic rings. The summed E-state index contributed by atoms with van der Waals surface area (Å²) in [5.41, 5.74) is 7.25. The van der Waals surface area contributed by atoms with Gasteiger partial charge in [-0.05, 0) is 12.1 Å². The Kier molecular flexibility index (Phi) is 2.47. The van der Waals surface area contributed by atoms with E-state index in [4.69, 9.17) is 0 Å². The molecule has 3 rings (SSSR count). The molecule has 0 unspecified atom stereocenters. The third kappa shape index (κ3) is 1.75. The smallest absolute Gasteiger partial charge is 0.0995 e. The standard InChI is InChI=1S/C11H7N3S2/c1-2-8(10-4-15-6-12-10)14-9(3-1)11-5-16-7-13-11/h1-7H. The summed E-state index contributed by atoms with van der Waals surface area (Å²) in [5.74, 6) is 0. The van der Waals surface area contributed by atoms with Gasteiger partial charge in [-0.2, -0.15) is 0 Å². The molecule has 16 heavy (non-hydrogen) atoms. The molecule has 0 N–H and O–H groups in total. The van der Waals surface area contributed by atoms with Gasteiger partial charge in [0.25, 0.3) is 0 Å². The first-order valence-corrected chi connectivity index (χ1v) is 6.56. The number of aromatic nitrogens is 3. The van der Waals surface area contributed by atoms with E-state index in [1.54, 1.807) is 22.7 Å². The van der Waals surface area contributed by atoms with Gasteiger partial charge in [-0.1, -0.05) is 6.07 Å². The second-order valence-electron chi connectivity index (χ2n) is 3.16. The maximum atomic E-state index is 4.55. The van der Waals surface area contributed by atoms with E-state index in [1.165, 1.54) is 0 Å². The molecule has 0 bridgehead atoms. The Morgan fingerprint density at radius 3 is 1.75 bits per heavy atom. The van der Waals surface area contributed by atoms with Gasteiger partial charge < -0.3 is 0 Å². The van der Waals surface area contributed by atoms with Crippen LogP contribution in [-0.4, -0.2) is 15.0 Å². The molecule has 3 nitrogen and oxygen atoms in total. The van der Waals surface area contributed by atoms with E-state index in [-0.39, 0.29) is 0 Å². The molecule has 0 radical (unpaired) electrons. The van der Waals surface area contributed by atoms with Crippen LogP contribution in [0.3, 0.4) is 0 Å². The van der Waals surface area contributed by atoms with Gasteiger partial charge in [0.15, 0.2) is 0 Å². The highest BCUT2D eigenvalue weighted by Crippen LogP contribution is 2.22. The van der Waals surface area contributed by atoms with E-state index < -0.39 is 0 Å². The van der Waals surface area contributed by atoms with Crippen LogP contribution in [0.5, 0.6) is 0 Å². The lowest BCUT2D eigenvalue weighted by Crippen LogP contribution is -1.87. The van der Waals surface area contributed by atoms with Crippen LogP contribution in [0.1, 0.15) is 0 Å². The minimum absolute atomic E-state index is 0.895. The van der Waals surface area contributed by atoms with Gasteiger partial charge in [0.1, 0.15) is 0 Å². The maximum Gasteiger partial charge on any atom is 0.0995 e. The molecular weight excluding hydrogens is 238 g/mol. The Morgan fingerprint density at radius 1 is 0.750 bits per heavy atom. The van der Waals surface area contributed by atoms with E-state index in [9.17, 15) is 0 Å². The van der Waals surface area contributed by atoms with Crippen molar-refractivity contribution in [1.29, 1.82) is 0 Å². The molecule has 0 aliphatic carbocycles. The average molecular weight is 245 g/mol. The zero-order valence-electron chi connectivity index (χ0n) is 8.20. The number of thiazole rings is 2. The summed E-state index contributed by atoms with van der Waals surface area (Å²) in [7, 11) is 0. The quantitative estimate of drug-likeness (QED) is 0.695. The Hall–Kier alpha value is -1.59. The monoisotopic (exact) mass is 245 g/mol. The molecule has 0 amide bonds. The largest absolute Gasteiger partial charge is 0.244 e. The Morgan fingerprint density at radius 2 is 1.31 bits per heavy atom. The summed E-state index contributed by atoms with van der Waals surface area (Å²) in [6.07, 6.45) is 0. The number of pyridine rings is 1. The third-order valence-electron chi connectivity index (χ3n) is 2.14. The molecule has 0 aliphatic heterocycles. The summed E-state index contributed by atoms with van der Waals surface area (Å²) in [5, 5.41) is 3.99. The van der Waals surface area contributed by atoms with E-state index >= 15 is 0 Å². The highest BCUT2D eigenvalue weighted by Gasteiger charge is 2.05. The molecule has 0 saturated heterocycles. The topological polar surface area (TPSA) is 38.7 Å². The van der Waals surface area contributed by atoms with Crippen molar-refractivity contribution in [2.24, 2.45) is 0 Å². The van der Waals surface area contributed by atoms with Crippen molar-refractivity contribution in [1.82, 2.24) is 15.0 Å². The van der Waals surface area contributed by atoms with Gasteiger partial charge in [-0.25, -0.2) is 15.0 Å². The van der Waals surface area contributed by atoms with Crippen molar-refractivity contribution in [3.05, 3.63) is 40.0 Å². The van der Waals surface area contributed by atoms with Crippen LogP contribution in [-0.2, 0) is 0 Å². The van der Waals surface area contributed by atoms with Crippen molar-refractivity contribution < 1.29 is 0 Å². The van der Waals surface area contributed by atoms with E-state index in [0.29, 0.717) is 0 Å². The van der Waals surface area contributed by atoms with Gasteiger partial charge in [0.05, 0.1) is 33.8 Å². The zero-order valence-corrected chi connectivity index (χ0v) is 9.83. The molecular formula is C11H7N3S2. The van der Waals surface area contributed by atoms with Gasteiger partial charge in [-0.15, -0.1) is 22.7 Å². The summed E-state index contributed by atoms with van der Waals surface area (Å²) in [6.45, 7) is 0. The van der Waals surface area contributed by atoms with Gasteiger partial charge in [-0.3, -0.25) is 0 Å². The van der Waals surface area contributed by atoms with Crippen molar-refractivity contribution in [3.8, 4) is 22.8 Å². The fraction of sp³-hybridized carbons (Fsp3) is 0. The highest BCUT2D eigenvalue weighted by atomic mass is 32.1. The zero-order chi connectivity index (χ0) is 10.8. The van der Waals surface area contributed by atoms with Crippen molar-refractivity contribution in [3.63, 3.8) is 0 Å². The van der Waals surface area contributed by atoms with Crippen LogP contribution >= 0.6 is 22.7 Å². The lowest BCUT2D eigenvalue weighted by atomic mass is 10.2. The average Bonchev–Trinajstić information content (AvgIpc) is 3.03. The Balaban J connectivity index is 2.07. The predicted molar refractivity (Wildman–Crippen MR) is 66.5 cm³/mol. The third-order valence-corrected chi connectivity index (χ3v) is 3.31. The van der Waals surface area contributed by atoms with E-state index in [2.05, 4.69) is 15.0 Å². The second-order valence-corrected chi connectivity index (χ2v) is 4.59. The van der Waals surface area contributed by atoms with Crippen LogP contribution in [0.2, 0.25) is 0 Å². The van der Waals surface area contributed by atoms with E-state index in [1.807, 2.05) is 40.0 Å². The van der Waals surface area contributed by atoms with Crippen molar-refractivity contribution in [2.75, 3.05) is 0 Å². The molecule has 3 aromatic rings. The molecule has 0 aromatic carbocycles. The minimum Gasteiger partial charge on any atom is -0.244 e. The minimum atomic E-state index is 0.895. The SMILES string of the molecule is c1cc(-c2cscn2)nc(-c2cscn2)c1. The second kappa shape index (κ2) is 4.11. The molecule has 5 heteroatoms. The number of rotatable bonds is 2. The van der Waals surface area contributed by atoms with Crippen LogP contribution < -0.4 is 0 Å². The van der Waals surface area contributed by atoms with Crippen LogP contribution in [0, 0.1) is 0 Å². The van der Waals surface area contributed by atoms with Gasteiger partial charge in [0.2, 0.25) is 0 Å². The molecule has 0 fully saturated rings. The van der Waals surface area contributed by atoms with Gasteiger partial charge in [0, 0.05) is 10.8 Å². The van der Waals surface area contributed by atoms with Gasteiger partial charge >= 0.3 is 0 Å². The fourth-order valence-electron chi connectivity index (χ4n) is 1.40. The lowest BCUT2D eigenvalue weighted by molar-refractivity contribution is 1.26. The fourth-order valence-corrected chi connectivity index (χ4v) is 2.49. The molecule has 78 valence electrons. The van der Waals surface area contributed by atoms with Crippen molar-refractivity contribution in [2.45, 2.75) is 0 Å². The first-order chi connectivity index (χ1) is 7.93. The number of nitrogens with zero attached hydrogens (tertiary/aromatic N) is 3.